The molecule has 1 unspecified atom stereocenters. The first-order valence-corrected chi connectivity index (χ1v) is 11.8. The van der Waals surface area contributed by atoms with E-state index in [2.05, 4.69) is 0 Å². The number of aliphatic carboxylic acids is 1. The van der Waals surface area contributed by atoms with E-state index >= 15 is 0 Å². The standard InChI is InChI=1S/C17H23ClF4O4Si/c1-15(2,10-7-8-11(18)12(19)13(10)25-3)9-16(14(23)24,17(20,21)22)26-27(4,5)6/h7-8H,9H2,1-6H3,(H,23,24). The molecule has 1 atom stereocenters. The van der Waals surface area contributed by atoms with E-state index in [1.54, 1.807) is 0 Å². The number of carboxylic acids is 1. The second-order valence-corrected chi connectivity index (χ2v) is 12.7. The molecule has 0 fully saturated rings. The zero-order valence-corrected chi connectivity index (χ0v) is 17.7. The molecule has 0 spiro atoms. The van der Waals surface area contributed by atoms with Crippen molar-refractivity contribution in [3.63, 3.8) is 0 Å². The fourth-order valence-electron chi connectivity index (χ4n) is 2.94. The van der Waals surface area contributed by atoms with E-state index in [0.29, 0.717) is 0 Å². The average Bonchev–Trinajstić information content (AvgIpc) is 2.45. The van der Waals surface area contributed by atoms with Crippen LogP contribution in [0.2, 0.25) is 24.7 Å². The maximum Gasteiger partial charge on any atom is 0.427 e. The molecule has 0 aromatic heterocycles. The van der Waals surface area contributed by atoms with Crippen LogP contribution in [-0.4, -0.2) is 38.3 Å². The molecular weight excluding hydrogens is 408 g/mol. The van der Waals surface area contributed by atoms with Gasteiger partial charge in [-0.05, 0) is 31.1 Å². The summed E-state index contributed by atoms with van der Waals surface area (Å²) in [6.07, 6.45) is -6.16. The second-order valence-electron chi connectivity index (χ2n) is 7.85. The van der Waals surface area contributed by atoms with Gasteiger partial charge in [0.25, 0.3) is 5.60 Å². The summed E-state index contributed by atoms with van der Waals surface area (Å²) in [5.74, 6) is -3.40. The molecule has 0 saturated carbocycles. The average molecular weight is 431 g/mol. The van der Waals surface area contributed by atoms with Crippen LogP contribution in [0.15, 0.2) is 12.1 Å². The molecule has 10 heteroatoms. The predicted octanol–water partition coefficient (Wildman–Crippen LogP) is 5.39. The van der Waals surface area contributed by atoms with Crippen LogP contribution in [0.5, 0.6) is 5.75 Å². The zero-order chi connectivity index (χ0) is 21.4. The number of carbonyl (C=O) groups is 1. The Morgan fingerprint density at radius 1 is 1.22 bits per heavy atom. The van der Waals surface area contributed by atoms with E-state index in [0.717, 1.165) is 7.11 Å². The third-order valence-corrected chi connectivity index (χ3v) is 5.21. The number of methoxy groups -OCH3 is 1. The topological polar surface area (TPSA) is 55.8 Å². The van der Waals surface area contributed by atoms with Crippen LogP contribution < -0.4 is 4.74 Å². The van der Waals surface area contributed by atoms with Gasteiger partial charge in [-0.2, -0.15) is 13.2 Å². The number of carboxylic acid groups (broad SMARTS) is 1. The smallest absolute Gasteiger partial charge is 0.427 e. The third kappa shape index (κ3) is 4.94. The second kappa shape index (κ2) is 7.60. The normalized spacial score (nSPS) is 15.4. The quantitative estimate of drug-likeness (QED) is 0.465. The van der Waals surface area contributed by atoms with Crippen molar-refractivity contribution in [2.24, 2.45) is 0 Å². The van der Waals surface area contributed by atoms with E-state index in [1.165, 1.54) is 45.6 Å². The highest BCUT2D eigenvalue weighted by Gasteiger charge is 2.65. The van der Waals surface area contributed by atoms with Gasteiger partial charge in [-0.1, -0.05) is 31.5 Å². The highest BCUT2D eigenvalue weighted by Crippen LogP contribution is 2.47. The van der Waals surface area contributed by atoms with E-state index in [1.807, 2.05) is 0 Å². The molecule has 1 N–H and O–H groups in total. The van der Waals surface area contributed by atoms with Crippen molar-refractivity contribution in [2.45, 2.75) is 57.1 Å². The highest BCUT2D eigenvalue weighted by atomic mass is 35.5. The van der Waals surface area contributed by atoms with E-state index in [9.17, 15) is 27.5 Å². The lowest BCUT2D eigenvalue weighted by molar-refractivity contribution is -0.259. The van der Waals surface area contributed by atoms with Gasteiger partial charge in [0.2, 0.25) is 0 Å². The number of hydrogen-bond acceptors (Lipinski definition) is 3. The van der Waals surface area contributed by atoms with Crippen molar-refractivity contribution in [3.05, 3.63) is 28.5 Å². The Kier molecular flexibility index (Phi) is 6.67. The molecule has 0 heterocycles. The van der Waals surface area contributed by atoms with Gasteiger partial charge in [0, 0.05) is 12.0 Å². The Labute approximate surface area is 161 Å². The van der Waals surface area contributed by atoms with Crippen molar-refractivity contribution in [3.8, 4) is 5.75 Å². The minimum absolute atomic E-state index is 0.0564. The van der Waals surface area contributed by atoms with Gasteiger partial charge in [0.15, 0.2) is 19.9 Å². The van der Waals surface area contributed by atoms with Gasteiger partial charge in [-0.15, -0.1) is 0 Å². The summed E-state index contributed by atoms with van der Waals surface area (Å²) in [4.78, 5) is 11.8. The number of ether oxygens (including phenoxy) is 1. The van der Waals surface area contributed by atoms with Crippen LogP contribution in [0.1, 0.15) is 25.8 Å². The van der Waals surface area contributed by atoms with E-state index in [-0.39, 0.29) is 16.3 Å². The number of alkyl halides is 3. The zero-order valence-electron chi connectivity index (χ0n) is 15.9. The molecule has 0 radical (unpaired) electrons. The lowest BCUT2D eigenvalue weighted by atomic mass is 9.74. The van der Waals surface area contributed by atoms with Crippen LogP contribution in [0.4, 0.5) is 17.6 Å². The molecule has 0 saturated heterocycles. The van der Waals surface area contributed by atoms with Gasteiger partial charge in [0.1, 0.15) is 0 Å². The summed E-state index contributed by atoms with van der Waals surface area (Å²) < 4.78 is 66.2. The molecule has 0 amide bonds. The molecule has 0 aliphatic heterocycles. The molecule has 0 aliphatic carbocycles. The molecule has 1 aromatic carbocycles. The molecular formula is C17H23ClF4O4Si. The van der Waals surface area contributed by atoms with Gasteiger partial charge >= 0.3 is 12.1 Å². The number of halogens is 5. The number of hydrogen-bond donors (Lipinski definition) is 1. The maximum atomic E-state index is 14.3. The van der Waals surface area contributed by atoms with Gasteiger partial charge in [-0.3, -0.25) is 0 Å². The Hall–Kier alpha value is -1.32. The minimum atomic E-state index is -5.19. The van der Waals surface area contributed by atoms with Crippen molar-refractivity contribution in [1.82, 2.24) is 0 Å². The van der Waals surface area contributed by atoms with Crippen molar-refractivity contribution in [2.75, 3.05) is 7.11 Å². The number of benzene rings is 1. The van der Waals surface area contributed by atoms with Crippen LogP contribution in [-0.2, 0) is 14.6 Å². The first-order chi connectivity index (χ1) is 12.0. The van der Waals surface area contributed by atoms with Gasteiger partial charge < -0.3 is 14.3 Å². The summed E-state index contributed by atoms with van der Waals surface area (Å²) in [6, 6.07) is 2.51. The fourth-order valence-corrected chi connectivity index (χ4v) is 4.41. The lowest BCUT2D eigenvalue weighted by Crippen LogP contribution is -2.60. The Morgan fingerprint density at radius 3 is 2.11 bits per heavy atom. The van der Waals surface area contributed by atoms with Crippen LogP contribution in [0.3, 0.4) is 0 Å². The molecule has 0 aliphatic rings. The monoisotopic (exact) mass is 430 g/mol. The first-order valence-electron chi connectivity index (χ1n) is 8.01. The summed E-state index contributed by atoms with van der Waals surface area (Å²) in [5.41, 5.74) is -4.85. The van der Waals surface area contributed by atoms with Crippen LogP contribution in [0, 0.1) is 5.82 Å². The van der Waals surface area contributed by atoms with Gasteiger partial charge in [0.05, 0.1) is 12.1 Å². The summed E-state index contributed by atoms with van der Waals surface area (Å²) in [6.45, 7) is 7.13. The largest absolute Gasteiger partial charge is 0.493 e. The summed E-state index contributed by atoms with van der Waals surface area (Å²) in [5, 5.41) is 9.25. The fraction of sp³-hybridized carbons (Fsp3) is 0.588. The van der Waals surface area contributed by atoms with Crippen LogP contribution >= 0.6 is 11.6 Å². The lowest BCUT2D eigenvalue weighted by Gasteiger charge is -2.42. The molecule has 1 aromatic rings. The van der Waals surface area contributed by atoms with Crippen molar-refractivity contribution in [1.29, 1.82) is 0 Å². The SMILES string of the molecule is COc1c(C(C)(C)CC(O[Si](C)(C)C)(C(=O)O)C(F)(F)F)ccc(Cl)c1F. The molecule has 4 nitrogen and oxygen atoms in total. The Bertz CT molecular complexity index is 716. The molecule has 1 rings (SSSR count). The summed E-state index contributed by atoms with van der Waals surface area (Å²) >= 11 is 5.71. The summed E-state index contributed by atoms with van der Waals surface area (Å²) in [7, 11) is -1.78. The molecule has 27 heavy (non-hydrogen) atoms. The van der Waals surface area contributed by atoms with E-state index in [4.69, 9.17) is 20.8 Å². The molecule has 0 bridgehead atoms. The molecule has 154 valence electrons. The van der Waals surface area contributed by atoms with Crippen molar-refractivity contribution >= 4 is 25.9 Å². The maximum absolute atomic E-state index is 14.3. The predicted molar refractivity (Wildman–Crippen MR) is 96.5 cm³/mol. The van der Waals surface area contributed by atoms with Crippen LogP contribution in [0.25, 0.3) is 0 Å². The third-order valence-electron chi connectivity index (χ3n) is 3.96. The minimum Gasteiger partial charge on any atom is -0.493 e. The number of rotatable bonds is 7. The Balaban J connectivity index is 3.61. The Morgan fingerprint density at radius 2 is 1.74 bits per heavy atom. The van der Waals surface area contributed by atoms with Gasteiger partial charge in [-0.25, -0.2) is 9.18 Å². The highest BCUT2D eigenvalue weighted by molar-refractivity contribution is 6.70. The van der Waals surface area contributed by atoms with E-state index < -0.39 is 43.7 Å². The van der Waals surface area contributed by atoms with Crippen molar-refractivity contribution < 1.29 is 36.6 Å². The first kappa shape index (κ1) is 23.7.